The van der Waals surface area contributed by atoms with Crippen LogP contribution in [0, 0.1) is 6.92 Å². The van der Waals surface area contributed by atoms with Gasteiger partial charge in [-0.25, -0.2) is 9.97 Å². The number of nitrogens with zero attached hydrogens (tertiary/aromatic N) is 4. The third-order valence-electron chi connectivity index (χ3n) is 6.64. The van der Waals surface area contributed by atoms with E-state index in [1.165, 1.54) is 0 Å². The molecule has 1 amide bonds. The number of pyridine rings is 1. The van der Waals surface area contributed by atoms with Gasteiger partial charge in [-0.3, -0.25) is 18.9 Å². The van der Waals surface area contributed by atoms with E-state index in [1.54, 1.807) is 23.4 Å². The zero-order valence-corrected chi connectivity index (χ0v) is 17.8. The van der Waals surface area contributed by atoms with Crippen molar-refractivity contribution in [1.82, 2.24) is 19.4 Å². The molecular formula is C24H23N5O3. The second kappa shape index (κ2) is 7.27. The molecule has 1 fully saturated rings. The molecule has 0 aliphatic carbocycles. The standard InChI is InChI=1S/C24H23N5O3/c1-14-11-19-18(12-17(14)24(31)28-8-4-15-3-2-7-25-21(15)28)27-23(30)20-13-26-22(29(19)20)16-5-9-32-10-6-16/h2-3,7,11-13,16H,4-6,8-10H2,1H3,(H,27,30). The van der Waals surface area contributed by atoms with Gasteiger partial charge in [0.15, 0.2) is 0 Å². The van der Waals surface area contributed by atoms with Gasteiger partial charge in [-0.2, -0.15) is 0 Å². The summed E-state index contributed by atoms with van der Waals surface area (Å²) < 4.78 is 7.46. The second-order valence-electron chi connectivity index (χ2n) is 8.56. The lowest BCUT2D eigenvalue weighted by Gasteiger charge is -2.22. The van der Waals surface area contributed by atoms with Gasteiger partial charge in [0, 0.05) is 37.4 Å². The number of ether oxygens (including phenoxy) is 1. The molecule has 2 aliphatic rings. The maximum absolute atomic E-state index is 13.4. The van der Waals surface area contributed by atoms with Crippen molar-refractivity contribution in [2.24, 2.45) is 0 Å². The lowest BCUT2D eigenvalue weighted by atomic mass is 9.99. The number of nitrogens with one attached hydrogen (secondary N) is 1. The highest BCUT2D eigenvalue weighted by Gasteiger charge is 2.28. The highest BCUT2D eigenvalue weighted by molar-refractivity contribution is 6.09. The van der Waals surface area contributed by atoms with Gasteiger partial charge < -0.3 is 9.72 Å². The molecule has 0 unspecified atom stereocenters. The zero-order chi connectivity index (χ0) is 21.8. The van der Waals surface area contributed by atoms with Crippen molar-refractivity contribution >= 4 is 28.3 Å². The van der Waals surface area contributed by atoms with Crippen LogP contribution >= 0.6 is 0 Å². The number of benzene rings is 1. The number of rotatable bonds is 2. The first-order chi connectivity index (χ1) is 15.6. The Hall–Kier alpha value is -3.52. The van der Waals surface area contributed by atoms with E-state index >= 15 is 0 Å². The number of aromatic nitrogens is 4. The van der Waals surface area contributed by atoms with Crippen LogP contribution in [-0.4, -0.2) is 45.0 Å². The molecule has 6 rings (SSSR count). The summed E-state index contributed by atoms with van der Waals surface area (Å²) in [6, 6.07) is 7.67. The largest absolute Gasteiger partial charge is 0.381 e. The Bertz CT molecular complexity index is 1430. The summed E-state index contributed by atoms with van der Waals surface area (Å²) in [5.41, 5.74) is 4.30. The van der Waals surface area contributed by atoms with Gasteiger partial charge in [-0.15, -0.1) is 0 Å². The molecule has 1 N–H and O–H groups in total. The molecule has 32 heavy (non-hydrogen) atoms. The maximum Gasteiger partial charge on any atom is 0.274 e. The van der Waals surface area contributed by atoms with Gasteiger partial charge in [0.25, 0.3) is 11.5 Å². The number of carbonyl (C=O) groups is 1. The van der Waals surface area contributed by atoms with Gasteiger partial charge >= 0.3 is 0 Å². The van der Waals surface area contributed by atoms with E-state index in [9.17, 15) is 9.59 Å². The Morgan fingerprint density at radius 2 is 2.03 bits per heavy atom. The molecule has 8 nitrogen and oxygen atoms in total. The summed E-state index contributed by atoms with van der Waals surface area (Å²) in [6.45, 7) is 3.94. The molecule has 0 bridgehead atoms. The number of fused-ring (bicyclic) bond motifs is 4. The van der Waals surface area contributed by atoms with E-state index in [1.807, 2.05) is 29.5 Å². The van der Waals surface area contributed by atoms with Crippen molar-refractivity contribution in [3.63, 3.8) is 0 Å². The number of amides is 1. The smallest absolute Gasteiger partial charge is 0.274 e. The Morgan fingerprint density at radius 3 is 2.88 bits per heavy atom. The molecule has 3 aromatic heterocycles. The second-order valence-corrected chi connectivity index (χ2v) is 8.56. The van der Waals surface area contributed by atoms with Crippen LogP contribution in [-0.2, 0) is 11.2 Å². The third kappa shape index (κ3) is 2.86. The minimum Gasteiger partial charge on any atom is -0.381 e. The molecule has 4 aromatic rings. The van der Waals surface area contributed by atoms with Crippen molar-refractivity contribution in [3.8, 4) is 0 Å². The predicted octanol–water partition coefficient (Wildman–Crippen LogP) is 2.98. The number of hydrogen-bond acceptors (Lipinski definition) is 5. The monoisotopic (exact) mass is 429 g/mol. The molecule has 8 heteroatoms. The Labute approximate surface area is 183 Å². The van der Waals surface area contributed by atoms with E-state index in [4.69, 9.17) is 4.74 Å². The van der Waals surface area contributed by atoms with Gasteiger partial charge in [0.1, 0.15) is 17.2 Å². The third-order valence-corrected chi connectivity index (χ3v) is 6.64. The molecule has 0 radical (unpaired) electrons. The lowest BCUT2D eigenvalue weighted by Crippen LogP contribution is -2.30. The summed E-state index contributed by atoms with van der Waals surface area (Å²) in [6.07, 6.45) is 5.91. The average Bonchev–Trinajstić information content (AvgIpc) is 3.45. The number of H-pyrrole nitrogens is 1. The van der Waals surface area contributed by atoms with E-state index < -0.39 is 0 Å². The molecule has 5 heterocycles. The molecule has 0 saturated carbocycles. The summed E-state index contributed by atoms with van der Waals surface area (Å²) in [5, 5.41) is 0. The van der Waals surface area contributed by atoms with E-state index in [0.717, 1.165) is 47.5 Å². The van der Waals surface area contributed by atoms with Crippen LogP contribution in [0.1, 0.15) is 46.1 Å². The highest BCUT2D eigenvalue weighted by Crippen LogP contribution is 2.31. The minimum atomic E-state index is -0.209. The topological polar surface area (TPSA) is 92.6 Å². The highest BCUT2D eigenvalue weighted by atomic mass is 16.5. The predicted molar refractivity (Wildman–Crippen MR) is 120 cm³/mol. The first-order valence-corrected chi connectivity index (χ1v) is 11.0. The van der Waals surface area contributed by atoms with Crippen molar-refractivity contribution in [2.45, 2.75) is 32.1 Å². The molecular weight excluding hydrogens is 406 g/mol. The fourth-order valence-electron chi connectivity index (χ4n) is 4.97. The number of aryl methyl sites for hydroxylation is 1. The number of anilines is 1. The van der Waals surface area contributed by atoms with Crippen LogP contribution < -0.4 is 10.5 Å². The Kier molecular flexibility index (Phi) is 4.36. The zero-order valence-electron chi connectivity index (χ0n) is 17.8. The van der Waals surface area contributed by atoms with Crippen molar-refractivity contribution < 1.29 is 9.53 Å². The van der Waals surface area contributed by atoms with Crippen molar-refractivity contribution in [2.75, 3.05) is 24.7 Å². The molecule has 162 valence electrons. The number of imidazole rings is 1. The number of aromatic amines is 1. The Morgan fingerprint density at radius 1 is 1.19 bits per heavy atom. The van der Waals surface area contributed by atoms with Crippen LogP contribution in [0.2, 0.25) is 0 Å². The summed E-state index contributed by atoms with van der Waals surface area (Å²) in [4.78, 5) is 40.0. The lowest BCUT2D eigenvalue weighted by molar-refractivity contribution is 0.0835. The van der Waals surface area contributed by atoms with E-state index in [2.05, 4.69) is 15.0 Å². The summed E-state index contributed by atoms with van der Waals surface area (Å²) in [5.74, 6) is 1.75. The SMILES string of the molecule is Cc1cc2c(cc1C(=O)N1CCc3cccnc31)[nH]c(=O)c1cnc(C3CCOCC3)n12. The molecule has 0 spiro atoms. The van der Waals surface area contributed by atoms with Crippen LogP contribution in [0.15, 0.2) is 41.5 Å². The van der Waals surface area contributed by atoms with Crippen LogP contribution in [0.4, 0.5) is 5.82 Å². The van der Waals surface area contributed by atoms with Crippen molar-refractivity contribution in [1.29, 1.82) is 0 Å². The number of carbonyl (C=O) groups excluding carboxylic acids is 1. The van der Waals surface area contributed by atoms with Gasteiger partial charge in [-0.05, 0) is 55.5 Å². The average molecular weight is 429 g/mol. The van der Waals surface area contributed by atoms with Gasteiger partial charge in [-0.1, -0.05) is 6.07 Å². The molecule has 2 aliphatic heterocycles. The minimum absolute atomic E-state index is 0.0990. The molecule has 0 atom stereocenters. The summed E-state index contributed by atoms with van der Waals surface area (Å²) >= 11 is 0. The molecule has 1 aromatic carbocycles. The maximum atomic E-state index is 13.4. The van der Waals surface area contributed by atoms with Gasteiger partial charge in [0.05, 0.1) is 17.2 Å². The van der Waals surface area contributed by atoms with Gasteiger partial charge in [0.2, 0.25) is 0 Å². The van der Waals surface area contributed by atoms with E-state index in [-0.39, 0.29) is 17.4 Å². The quantitative estimate of drug-likeness (QED) is 0.529. The number of hydrogen-bond donors (Lipinski definition) is 1. The fourth-order valence-corrected chi connectivity index (χ4v) is 4.97. The summed E-state index contributed by atoms with van der Waals surface area (Å²) in [7, 11) is 0. The molecule has 1 saturated heterocycles. The van der Waals surface area contributed by atoms with Crippen molar-refractivity contribution in [3.05, 3.63) is 69.5 Å². The first-order valence-electron chi connectivity index (χ1n) is 11.0. The van der Waals surface area contributed by atoms with Crippen LogP contribution in [0.3, 0.4) is 0 Å². The van der Waals surface area contributed by atoms with Crippen LogP contribution in [0.25, 0.3) is 16.6 Å². The van der Waals surface area contributed by atoms with E-state index in [0.29, 0.717) is 36.4 Å². The normalized spacial score (nSPS) is 16.7. The fraction of sp³-hybridized carbons (Fsp3) is 0.333. The first kappa shape index (κ1) is 19.2. The van der Waals surface area contributed by atoms with Crippen LogP contribution in [0.5, 0.6) is 0 Å². The Balaban J connectivity index is 1.49.